The lowest BCUT2D eigenvalue weighted by atomic mass is 10.3. The minimum Gasteiger partial charge on any atom is -0.266 e. The monoisotopic (exact) mass is 221 g/mol. The van der Waals surface area contributed by atoms with Crippen LogP contribution in [0.2, 0.25) is 5.02 Å². The molecule has 0 saturated heterocycles. The molecule has 0 fully saturated rings. The lowest BCUT2D eigenvalue weighted by molar-refractivity contribution is 0.776. The quantitative estimate of drug-likeness (QED) is 0.735. The normalized spacial score (nSPS) is 10.3. The molecule has 2 heterocycles. The molecule has 0 N–H and O–H groups in total. The van der Waals surface area contributed by atoms with Crippen molar-refractivity contribution < 1.29 is 0 Å². The largest absolute Gasteiger partial charge is 0.291 e. The number of aryl methyl sites for hydroxylation is 1. The maximum Gasteiger partial charge on any atom is 0.291 e. The Morgan fingerprint density at radius 3 is 2.87 bits per heavy atom. The van der Waals surface area contributed by atoms with E-state index in [1.54, 1.807) is 37.5 Å². The Labute approximate surface area is 91.2 Å². The standard InChI is InChI=1S/C10H8ClN3O/c1-7-6-13-14(10(15)9(7)11)8-4-2-3-5-12-8/h2-6H,1H3. The van der Waals surface area contributed by atoms with Crippen LogP contribution in [-0.2, 0) is 0 Å². The van der Waals surface area contributed by atoms with E-state index in [0.717, 1.165) is 0 Å². The van der Waals surface area contributed by atoms with Crippen molar-refractivity contribution in [1.29, 1.82) is 0 Å². The number of pyridine rings is 1. The van der Waals surface area contributed by atoms with Crippen molar-refractivity contribution in [2.75, 3.05) is 0 Å². The van der Waals surface area contributed by atoms with E-state index in [9.17, 15) is 4.79 Å². The fourth-order valence-corrected chi connectivity index (χ4v) is 1.29. The topological polar surface area (TPSA) is 47.8 Å². The average molecular weight is 222 g/mol. The molecule has 0 aliphatic rings. The van der Waals surface area contributed by atoms with E-state index in [4.69, 9.17) is 11.6 Å². The number of halogens is 1. The van der Waals surface area contributed by atoms with Crippen LogP contribution in [0.25, 0.3) is 5.82 Å². The Hall–Kier alpha value is -1.68. The minimum absolute atomic E-state index is 0.177. The van der Waals surface area contributed by atoms with Crippen molar-refractivity contribution in [3.05, 3.63) is 51.5 Å². The van der Waals surface area contributed by atoms with Crippen LogP contribution in [0, 0.1) is 6.92 Å². The van der Waals surface area contributed by atoms with Crippen molar-refractivity contribution in [3.8, 4) is 5.82 Å². The Balaban J connectivity index is 2.66. The third-order valence-corrected chi connectivity index (χ3v) is 2.42. The van der Waals surface area contributed by atoms with Gasteiger partial charge in [-0.25, -0.2) is 4.98 Å². The summed E-state index contributed by atoms with van der Waals surface area (Å²) in [6.45, 7) is 1.74. The molecule has 5 heteroatoms. The van der Waals surface area contributed by atoms with E-state index in [2.05, 4.69) is 10.1 Å². The molecule has 0 aliphatic heterocycles. The summed E-state index contributed by atoms with van der Waals surface area (Å²) in [6.07, 6.45) is 3.13. The first-order valence-electron chi connectivity index (χ1n) is 4.36. The second-order valence-electron chi connectivity index (χ2n) is 3.05. The van der Waals surface area contributed by atoms with Gasteiger partial charge >= 0.3 is 0 Å². The summed E-state index contributed by atoms with van der Waals surface area (Å²) in [7, 11) is 0. The van der Waals surface area contributed by atoms with Gasteiger partial charge in [-0.15, -0.1) is 0 Å². The van der Waals surface area contributed by atoms with Gasteiger partial charge in [-0.05, 0) is 24.6 Å². The fourth-order valence-electron chi connectivity index (χ4n) is 1.16. The SMILES string of the molecule is Cc1cnn(-c2ccccn2)c(=O)c1Cl. The van der Waals surface area contributed by atoms with Crippen LogP contribution in [-0.4, -0.2) is 14.8 Å². The van der Waals surface area contributed by atoms with Gasteiger partial charge in [0.1, 0.15) is 5.02 Å². The highest BCUT2D eigenvalue weighted by atomic mass is 35.5. The molecular weight excluding hydrogens is 214 g/mol. The van der Waals surface area contributed by atoms with Crippen molar-refractivity contribution >= 4 is 11.6 Å². The summed E-state index contributed by atoms with van der Waals surface area (Å²) in [6, 6.07) is 5.24. The van der Waals surface area contributed by atoms with Gasteiger partial charge in [0.2, 0.25) is 0 Å². The summed E-state index contributed by atoms with van der Waals surface area (Å²) < 4.78 is 1.18. The molecular formula is C10H8ClN3O. The van der Waals surface area contributed by atoms with Crippen molar-refractivity contribution in [2.45, 2.75) is 6.92 Å². The van der Waals surface area contributed by atoms with E-state index in [1.807, 2.05) is 0 Å². The average Bonchev–Trinajstić information content (AvgIpc) is 2.27. The van der Waals surface area contributed by atoms with Crippen molar-refractivity contribution in [3.63, 3.8) is 0 Å². The Morgan fingerprint density at radius 2 is 2.20 bits per heavy atom. The summed E-state index contributed by atoms with van der Waals surface area (Å²) >= 11 is 5.83. The zero-order chi connectivity index (χ0) is 10.8. The third kappa shape index (κ3) is 1.76. The molecule has 2 rings (SSSR count). The van der Waals surface area contributed by atoms with Crippen LogP contribution in [0.3, 0.4) is 0 Å². The molecule has 2 aromatic rings. The van der Waals surface area contributed by atoms with Gasteiger partial charge in [-0.2, -0.15) is 9.78 Å². The smallest absolute Gasteiger partial charge is 0.266 e. The maximum atomic E-state index is 11.7. The zero-order valence-corrected chi connectivity index (χ0v) is 8.77. The highest BCUT2D eigenvalue weighted by molar-refractivity contribution is 6.31. The lowest BCUT2D eigenvalue weighted by Gasteiger charge is -2.03. The van der Waals surface area contributed by atoms with Crippen molar-refractivity contribution in [2.24, 2.45) is 0 Å². The molecule has 15 heavy (non-hydrogen) atoms. The molecule has 0 unspecified atom stereocenters. The van der Waals surface area contributed by atoms with Crippen LogP contribution in [0.4, 0.5) is 0 Å². The van der Waals surface area contributed by atoms with E-state index in [0.29, 0.717) is 11.4 Å². The van der Waals surface area contributed by atoms with Crippen LogP contribution >= 0.6 is 11.6 Å². The van der Waals surface area contributed by atoms with Gasteiger partial charge in [0.25, 0.3) is 5.56 Å². The summed E-state index contributed by atoms with van der Waals surface area (Å²) in [5.41, 5.74) is 0.309. The van der Waals surface area contributed by atoms with Gasteiger partial charge in [0.15, 0.2) is 5.82 Å². The predicted octanol–water partition coefficient (Wildman–Crippen LogP) is 1.59. The van der Waals surface area contributed by atoms with E-state index >= 15 is 0 Å². The molecule has 2 aromatic heterocycles. The van der Waals surface area contributed by atoms with Gasteiger partial charge < -0.3 is 0 Å². The van der Waals surface area contributed by atoms with Gasteiger partial charge in [0.05, 0.1) is 6.20 Å². The molecule has 0 aromatic carbocycles. The van der Waals surface area contributed by atoms with E-state index in [-0.39, 0.29) is 10.6 Å². The first-order chi connectivity index (χ1) is 7.20. The Morgan fingerprint density at radius 1 is 1.40 bits per heavy atom. The lowest BCUT2D eigenvalue weighted by Crippen LogP contribution is -2.22. The van der Waals surface area contributed by atoms with Crippen LogP contribution < -0.4 is 5.56 Å². The summed E-state index contributed by atoms with van der Waals surface area (Å²) in [5, 5.41) is 4.14. The fraction of sp³-hybridized carbons (Fsp3) is 0.100. The van der Waals surface area contributed by atoms with Gasteiger partial charge in [-0.3, -0.25) is 4.79 Å². The molecule has 0 atom stereocenters. The van der Waals surface area contributed by atoms with Crippen LogP contribution in [0.1, 0.15) is 5.56 Å². The van der Waals surface area contributed by atoms with Crippen LogP contribution in [0.5, 0.6) is 0 Å². The second-order valence-corrected chi connectivity index (χ2v) is 3.42. The first kappa shape index (κ1) is 9.86. The minimum atomic E-state index is -0.352. The second kappa shape index (κ2) is 3.82. The van der Waals surface area contributed by atoms with Crippen LogP contribution in [0.15, 0.2) is 35.4 Å². The van der Waals surface area contributed by atoms with Crippen molar-refractivity contribution in [1.82, 2.24) is 14.8 Å². The molecule has 0 radical (unpaired) electrons. The number of hydrogen-bond donors (Lipinski definition) is 0. The molecule has 0 bridgehead atoms. The summed E-state index contributed by atoms with van der Waals surface area (Å²) in [5.74, 6) is 0.462. The Kier molecular flexibility index (Phi) is 2.51. The third-order valence-electron chi connectivity index (χ3n) is 1.96. The molecule has 0 aliphatic carbocycles. The predicted molar refractivity (Wildman–Crippen MR) is 57.4 cm³/mol. The molecule has 0 amide bonds. The molecule has 4 nitrogen and oxygen atoms in total. The molecule has 76 valence electrons. The highest BCUT2D eigenvalue weighted by Gasteiger charge is 2.07. The van der Waals surface area contributed by atoms with E-state index in [1.165, 1.54) is 4.68 Å². The highest BCUT2D eigenvalue weighted by Crippen LogP contribution is 2.07. The molecule has 0 saturated carbocycles. The summed E-state index contributed by atoms with van der Waals surface area (Å²) in [4.78, 5) is 15.7. The van der Waals surface area contributed by atoms with E-state index < -0.39 is 0 Å². The molecule has 0 spiro atoms. The number of nitrogens with zero attached hydrogens (tertiary/aromatic N) is 3. The Bertz CT molecular complexity index is 536. The van der Waals surface area contributed by atoms with Gasteiger partial charge in [0, 0.05) is 6.20 Å². The number of rotatable bonds is 1. The number of hydrogen-bond acceptors (Lipinski definition) is 3. The zero-order valence-electron chi connectivity index (χ0n) is 8.01. The number of aromatic nitrogens is 3. The van der Waals surface area contributed by atoms with Gasteiger partial charge in [-0.1, -0.05) is 17.7 Å². The first-order valence-corrected chi connectivity index (χ1v) is 4.74. The maximum absolute atomic E-state index is 11.7.